The first kappa shape index (κ1) is 9.92. The zero-order chi connectivity index (χ0) is 9.68. The van der Waals surface area contributed by atoms with Crippen LogP contribution in [0.2, 0.25) is 0 Å². The summed E-state index contributed by atoms with van der Waals surface area (Å²) >= 11 is 1.55. The highest BCUT2D eigenvalue weighted by Crippen LogP contribution is 2.06. The molecule has 0 bridgehead atoms. The first-order valence-electron chi connectivity index (χ1n) is 3.84. The lowest BCUT2D eigenvalue weighted by Crippen LogP contribution is -2.13. The first-order chi connectivity index (χ1) is 6.18. The van der Waals surface area contributed by atoms with Gasteiger partial charge in [-0.1, -0.05) is 0 Å². The Balaban J connectivity index is 2.30. The van der Waals surface area contributed by atoms with Crippen molar-refractivity contribution < 1.29 is 14.3 Å². The predicted molar refractivity (Wildman–Crippen MR) is 49.7 cm³/mol. The summed E-state index contributed by atoms with van der Waals surface area (Å²) in [5, 5.41) is 3.82. The average Bonchev–Trinajstić information content (AvgIpc) is 2.53. The largest absolute Gasteiger partial charge is 0.458 e. The summed E-state index contributed by atoms with van der Waals surface area (Å²) in [5.41, 5.74) is 0.974. The lowest BCUT2D eigenvalue weighted by atomic mass is 10.2. The lowest BCUT2D eigenvalue weighted by molar-refractivity contribution is -0.145. The maximum atomic E-state index is 11.1. The molecule has 4 heteroatoms. The van der Waals surface area contributed by atoms with Crippen molar-refractivity contribution in [3.8, 4) is 0 Å². The molecule has 0 unspecified atom stereocenters. The van der Waals surface area contributed by atoms with Gasteiger partial charge in [0.05, 0.1) is 0 Å². The highest BCUT2D eigenvalue weighted by molar-refractivity contribution is 7.07. The molecular weight excluding hydrogens is 188 g/mol. The molecule has 0 aliphatic carbocycles. The summed E-state index contributed by atoms with van der Waals surface area (Å²) in [6.07, 6.45) is 0.344. The second-order valence-electron chi connectivity index (χ2n) is 2.63. The number of Topliss-reactive ketones (excluding diaryl/α,β-unsaturated/α-hetero) is 1. The van der Waals surface area contributed by atoms with Crippen LogP contribution in [0, 0.1) is 0 Å². The van der Waals surface area contributed by atoms with E-state index >= 15 is 0 Å². The van der Waals surface area contributed by atoms with E-state index in [1.165, 1.54) is 6.92 Å². The topological polar surface area (TPSA) is 43.4 Å². The SMILES string of the molecule is CC(=O)OCC(=O)Cc1ccsc1. The monoisotopic (exact) mass is 198 g/mol. The molecule has 1 rings (SSSR count). The van der Waals surface area contributed by atoms with E-state index < -0.39 is 5.97 Å². The summed E-state index contributed by atoms with van der Waals surface area (Å²) < 4.78 is 4.57. The fourth-order valence-electron chi connectivity index (χ4n) is 0.854. The summed E-state index contributed by atoms with van der Waals surface area (Å²) in [7, 11) is 0. The minimum absolute atomic E-state index is 0.0754. The zero-order valence-corrected chi connectivity index (χ0v) is 8.10. The fourth-order valence-corrected chi connectivity index (χ4v) is 1.52. The first-order valence-corrected chi connectivity index (χ1v) is 4.79. The van der Waals surface area contributed by atoms with Crippen LogP contribution in [0.1, 0.15) is 12.5 Å². The molecule has 0 aliphatic heterocycles. The van der Waals surface area contributed by atoms with Crippen LogP contribution in [0.25, 0.3) is 0 Å². The Morgan fingerprint density at radius 1 is 1.54 bits per heavy atom. The van der Waals surface area contributed by atoms with Gasteiger partial charge < -0.3 is 4.74 Å². The van der Waals surface area contributed by atoms with Crippen LogP contribution in [0.4, 0.5) is 0 Å². The molecule has 0 saturated heterocycles. The molecule has 70 valence electrons. The van der Waals surface area contributed by atoms with Gasteiger partial charge in [-0.15, -0.1) is 0 Å². The molecular formula is C9H10O3S. The van der Waals surface area contributed by atoms with Crippen molar-refractivity contribution in [2.24, 2.45) is 0 Å². The summed E-state index contributed by atoms with van der Waals surface area (Å²) in [5.74, 6) is -0.493. The Morgan fingerprint density at radius 3 is 2.85 bits per heavy atom. The minimum atomic E-state index is -0.418. The zero-order valence-electron chi connectivity index (χ0n) is 7.28. The van der Waals surface area contributed by atoms with Gasteiger partial charge in [-0.3, -0.25) is 9.59 Å². The van der Waals surface area contributed by atoms with Gasteiger partial charge in [0.25, 0.3) is 0 Å². The molecule has 0 radical (unpaired) electrons. The maximum absolute atomic E-state index is 11.1. The van der Waals surface area contributed by atoms with Crippen molar-refractivity contribution in [1.29, 1.82) is 0 Å². The van der Waals surface area contributed by atoms with E-state index in [0.717, 1.165) is 5.56 Å². The van der Waals surface area contributed by atoms with Crippen LogP contribution >= 0.6 is 11.3 Å². The molecule has 13 heavy (non-hydrogen) atoms. The molecule has 0 aromatic carbocycles. The van der Waals surface area contributed by atoms with Gasteiger partial charge in [0.1, 0.15) is 6.61 Å². The van der Waals surface area contributed by atoms with E-state index in [4.69, 9.17) is 0 Å². The van der Waals surface area contributed by atoms with E-state index in [2.05, 4.69) is 4.74 Å². The summed E-state index contributed by atoms with van der Waals surface area (Å²) in [4.78, 5) is 21.5. The number of ketones is 1. The Kier molecular flexibility index (Phi) is 3.64. The highest BCUT2D eigenvalue weighted by Gasteiger charge is 2.05. The number of ether oxygens (including phenoxy) is 1. The lowest BCUT2D eigenvalue weighted by Gasteiger charge is -1.99. The fraction of sp³-hybridized carbons (Fsp3) is 0.333. The van der Waals surface area contributed by atoms with Crippen molar-refractivity contribution in [3.05, 3.63) is 22.4 Å². The van der Waals surface area contributed by atoms with E-state index in [-0.39, 0.29) is 12.4 Å². The molecule has 0 spiro atoms. The number of carbonyl (C=O) groups is 2. The number of thiophene rings is 1. The third-order valence-electron chi connectivity index (χ3n) is 1.42. The van der Waals surface area contributed by atoms with Gasteiger partial charge in [-0.2, -0.15) is 11.3 Å². The molecule has 1 heterocycles. The van der Waals surface area contributed by atoms with Crippen molar-refractivity contribution in [1.82, 2.24) is 0 Å². The molecule has 0 N–H and O–H groups in total. The Hall–Kier alpha value is -1.16. The van der Waals surface area contributed by atoms with E-state index in [0.29, 0.717) is 6.42 Å². The molecule has 1 aromatic heterocycles. The molecule has 0 saturated carbocycles. The Labute approximate surface area is 80.3 Å². The van der Waals surface area contributed by atoms with Gasteiger partial charge in [-0.25, -0.2) is 0 Å². The van der Waals surface area contributed by atoms with Crippen molar-refractivity contribution in [3.63, 3.8) is 0 Å². The third-order valence-corrected chi connectivity index (χ3v) is 2.15. The number of hydrogen-bond donors (Lipinski definition) is 0. The van der Waals surface area contributed by atoms with Crippen LogP contribution in [0.15, 0.2) is 16.8 Å². The van der Waals surface area contributed by atoms with Crippen LogP contribution in [0.5, 0.6) is 0 Å². The molecule has 0 aliphatic rings. The normalized spacial score (nSPS) is 9.62. The number of rotatable bonds is 4. The Bertz CT molecular complexity index is 290. The third kappa shape index (κ3) is 3.85. The van der Waals surface area contributed by atoms with Gasteiger partial charge in [0, 0.05) is 13.3 Å². The second kappa shape index (κ2) is 4.77. The molecule has 0 fully saturated rings. The Morgan fingerprint density at radius 2 is 2.31 bits per heavy atom. The highest BCUT2D eigenvalue weighted by atomic mass is 32.1. The van der Waals surface area contributed by atoms with Crippen molar-refractivity contribution >= 4 is 23.1 Å². The standard InChI is InChI=1S/C9H10O3S/c1-7(10)12-5-9(11)4-8-2-3-13-6-8/h2-3,6H,4-5H2,1H3. The van der Waals surface area contributed by atoms with E-state index in [1.807, 2.05) is 16.8 Å². The number of carbonyl (C=O) groups excluding carboxylic acids is 2. The number of hydrogen-bond acceptors (Lipinski definition) is 4. The van der Waals surface area contributed by atoms with Gasteiger partial charge >= 0.3 is 5.97 Å². The summed E-state index contributed by atoms with van der Waals surface area (Å²) in [6.45, 7) is 1.17. The predicted octanol–water partition coefficient (Wildman–Crippen LogP) is 1.42. The molecule has 3 nitrogen and oxygen atoms in total. The van der Waals surface area contributed by atoms with Gasteiger partial charge in [-0.05, 0) is 22.4 Å². The van der Waals surface area contributed by atoms with Crippen LogP contribution in [-0.4, -0.2) is 18.4 Å². The van der Waals surface area contributed by atoms with E-state index in [9.17, 15) is 9.59 Å². The van der Waals surface area contributed by atoms with Gasteiger partial charge in [0.2, 0.25) is 0 Å². The summed E-state index contributed by atoms with van der Waals surface area (Å²) in [6, 6.07) is 1.89. The van der Waals surface area contributed by atoms with E-state index in [1.54, 1.807) is 11.3 Å². The minimum Gasteiger partial charge on any atom is -0.458 e. The van der Waals surface area contributed by atoms with Crippen LogP contribution < -0.4 is 0 Å². The number of esters is 1. The average molecular weight is 198 g/mol. The molecule has 0 atom stereocenters. The smallest absolute Gasteiger partial charge is 0.303 e. The second-order valence-corrected chi connectivity index (χ2v) is 3.41. The van der Waals surface area contributed by atoms with Crippen molar-refractivity contribution in [2.75, 3.05) is 6.61 Å². The van der Waals surface area contributed by atoms with Gasteiger partial charge in [0.15, 0.2) is 5.78 Å². The van der Waals surface area contributed by atoms with Crippen molar-refractivity contribution in [2.45, 2.75) is 13.3 Å². The molecule has 0 amide bonds. The quantitative estimate of drug-likeness (QED) is 0.687. The maximum Gasteiger partial charge on any atom is 0.303 e. The van der Waals surface area contributed by atoms with Crippen LogP contribution in [0.3, 0.4) is 0 Å². The molecule has 1 aromatic rings. The van der Waals surface area contributed by atoms with Crippen LogP contribution in [-0.2, 0) is 20.7 Å².